The van der Waals surface area contributed by atoms with Crippen molar-refractivity contribution in [3.8, 4) is 0 Å². The third-order valence-corrected chi connectivity index (χ3v) is 3.02. The van der Waals surface area contributed by atoms with Gasteiger partial charge in [0.1, 0.15) is 5.92 Å². The van der Waals surface area contributed by atoms with E-state index in [-0.39, 0.29) is 5.92 Å². The van der Waals surface area contributed by atoms with E-state index in [4.69, 9.17) is 0 Å². The van der Waals surface area contributed by atoms with E-state index in [2.05, 4.69) is 26.0 Å². The maximum atomic E-state index is 11.2. The molecule has 1 N–H and O–H groups in total. The fraction of sp³-hybridized carbons (Fsp3) is 0.364. The first kappa shape index (κ1) is 12.0. The van der Waals surface area contributed by atoms with Crippen LogP contribution in [0.1, 0.15) is 25.6 Å². The predicted octanol–water partition coefficient (Wildman–Crippen LogP) is 2.32. The molecule has 0 radical (unpaired) electrons. The molecule has 2 heterocycles. The molecular formula is C11H12BrN3O2. The van der Waals surface area contributed by atoms with E-state index >= 15 is 0 Å². The molecule has 6 heteroatoms. The zero-order valence-electron chi connectivity index (χ0n) is 9.46. The van der Waals surface area contributed by atoms with Crippen LogP contribution in [-0.2, 0) is 4.79 Å². The lowest BCUT2D eigenvalue weighted by Crippen LogP contribution is -2.19. The normalized spacial score (nSPS) is 13.2. The first-order chi connectivity index (χ1) is 7.99. The molecule has 5 nitrogen and oxygen atoms in total. The molecule has 2 rings (SSSR count). The molecule has 0 saturated carbocycles. The standard InChI is InChI=1S/C11H12BrN3O2/c1-6(2)9(11(16)17)10-13-8-5-7(12)3-4-15(8)14-10/h3-6,9H,1-2H3,(H,16,17). The lowest BCUT2D eigenvalue weighted by molar-refractivity contribution is -0.140. The number of carbonyl (C=O) groups is 1. The van der Waals surface area contributed by atoms with Crippen LogP contribution in [0.5, 0.6) is 0 Å². The van der Waals surface area contributed by atoms with Gasteiger partial charge in [-0.05, 0) is 18.1 Å². The maximum Gasteiger partial charge on any atom is 0.314 e. The molecule has 0 aliphatic rings. The number of hydrogen-bond donors (Lipinski definition) is 1. The third-order valence-electron chi connectivity index (χ3n) is 2.53. The second-order valence-corrected chi connectivity index (χ2v) is 5.09. The van der Waals surface area contributed by atoms with Crippen LogP contribution in [-0.4, -0.2) is 25.7 Å². The van der Waals surface area contributed by atoms with E-state index in [1.807, 2.05) is 19.9 Å². The number of halogens is 1. The third kappa shape index (κ3) is 2.31. The molecule has 0 aliphatic carbocycles. The van der Waals surface area contributed by atoms with E-state index in [1.54, 1.807) is 16.8 Å². The molecule has 2 aromatic rings. The highest BCUT2D eigenvalue weighted by Gasteiger charge is 2.27. The molecule has 0 bridgehead atoms. The van der Waals surface area contributed by atoms with Crippen molar-refractivity contribution < 1.29 is 9.90 Å². The highest BCUT2D eigenvalue weighted by Crippen LogP contribution is 2.23. The molecular weight excluding hydrogens is 286 g/mol. The van der Waals surface area contributed by atoms with Crippen LogP contribution in [0.2, 0.25) is 0 Å². The van der Waals surface area contributed by atoms with Gasteiger partial charge in [-0.15, -0.1) is 0 Å². The van der Waals surface area contributed by atoms with Crippen molar-refractivity contribution in [1.82, 2.24) is 14.6 Å². The summed E-state index contributed by atoms with van der Waals surface area (Å²) in [5.74, 6) is -1.26. The number of aromatic nitrogens is 3. The Balaban J connectivity index is 2.51. The number of pyridine rings is 1. The Morgan fingerprint density at radius 2 is 2.24 bits per heavy atom. The van der Waals surface area contributed by atoms with Gasteiger partial charge in [-0.2, -0.15) is 5.10 Å². The number of carboxylic acids is 1. The van der Waals surface area contributed by atoms with Crippen molar-refractivity contribution in [3.63, 3.8) is 0 Å². The molecule has 1 unspecified atom stereocenters. The SMILES string of the molecule is CC(C)C(C(=O)O)c1nc2cc(Br)ccn2n1. The van der Waals surface area contributed by atoms with Gasteiger partial charge in [0.25, 0.3) is 0 Å². The smallest absolute Gasteiger partial charge is 0.314 e. The summed E-state index contributed by atoms with van der Waals surface area (Å²) in [6, 6.07) is 3.63. The van der Waals surface area contributed by atoms with E-state index in [9.17, 15) is 9.90 Å². The van der Waals surface area contributed by atoms with Gasteiger partial charge >= 0.3 is 5.97 Å². The van der Waals surface area contributed by atoms with Gasteiger partial charge in [0.15, 0.2) is 11.5 Å². The van der Waals surface area contributed by atoms with Gasteiger partial charge in [-0.3, -0.25) is 4.79 Å². The van der Waals surface area contributed by atoms with Crippen molar-refractivity contribution in [2.45, 2.75) is 19.8 Å². The fourth-order valence-corrected chi connectivity index (χ4v) is 2.02. The Kier molecular flexibility index (Phi) is 3.15. The van der Waals surface area contributed by atoms with Crippen LogP contribution in [0.15, 0.2) is 22.8 Å². The number of aliphatic carboxylic acids is 1. The second-order valence-electron chi connectivity index (χ2n) is 4.18. The highest BCUT2D eigenvalue weighted by atomic mass is 79.9. The van der Waals surface area contributed by atoms with Crippen molar-refractivity contribution in [2.75, 3.05) is 0 Å². The minimum atomic E-state index is -0.894. The first-order valence-corrected chi connectivity index (χ1v) is 6.03. The molecule has 0 aliphatic heterocycles. The van der Waals surface area contributed by atoms with E-state index in [0.29, 0.717) is 11.5 Å². The average Bonchev–Trinajstić information content (AvgIpc) is 2.58. The van der Waals surface area contributed by atoms with Crippen LogP contribution in [0.25, 0.3) is 5.65 Å². The summed E-state index contributed by atoms with van der Waals surface area (Å²) in [4.78, 5) is 15.4. The summed E-state index contributed by atoms with van der Waals surface area (Å²) in [5.41, 5.74) is 0.640. The zero-order chi connectivity index (χ0) is 12.6. The summed E-state index contributed by atoms with van der Waals surface area (Å²) in [5, 5.41) is 13.4. The Morgan fingerprint density at radius 3 is 2.82 bits per heavy atom. The lowest BCUT2D eigenvalue weighted by Gasteiger charge is -2.11. The number of fused-ring (bicyclic) bond motifs is 1. The summed E-state index contributed by atoms with van der Waals surface area (Å²) < 4.78 is 2.47. The van der Waals surface area contributed by atoms with E-state index < -0.39 is 11.9 Å². The molecule has 0 amide bonds. The molecule has 0 fully saturated rings. The molecule has 0 spiro atoms. The zero-order valence-corrected chi connectivity index (χ0v) is 11.0. The molecule has 0 saturated heterocycles. The molecule has 2 aromatic heterocycles. The summed E-state index contributed by atoms with van der Waals surface area (Å²) in [6.45, 7) is 3.70. The van der Waals surface area contributed by atoms with Crippen molar-refractivity contribution in [2.24, 2.45) is 5.92 Å². The number of hydrogen-bond acceptors (Lipinski definition) is 3. The molecule has 17 heavy (non-hydrogen) atoms. The largest absolute Gasteiger partial charge is 0.481 e. The number of nitrogens with zero attached hydrogens (tertiary/aromatic N) is 3. The lowest BCUT2D eigenvalue weighted by atomic mass is 9.95. The molecule has 1 atom stereocenters. The van der Waals surface area contributed by atoms with Crippen molar-refractivity contribution >= 4 is 27.5 Å². The summed E-state index contributed by atoms with van der Waals surface area (Å²) >= 11 is 3.34. The average molecular weight is 298 g/mol. The minimum absolute atomic E-state index is 0.0478. The van der Waals surface area contributed by atoms with Gasteiger partial charge in [0, 0.05) is 10.7 Å². The van der Waals surface area contributed by atoms with Crippen molar-refractivity contribution in [1.29, 1.82) is 0 Å². The summed E-state index contributed by atoms with van der Waals surface area (Å²) in [6.07, 6.45) is 1.75. The van der Waals surface area contributed by atoms with Crippen LogP contribution in [0.4, 0.5) is 0 Å². The Labute approximate surface area is 107 Å². The second kappa shape index (κ2) is 4.44. The Hall–Kier alpha value is -1.43. The van der Waals surface area contributed by atoms with Crippen molar-refractivity contribution in [3.05, 3.63) is 28.6 Å². The van der Waals surface area contributed by atoms with Gasteiger partial charge < -0.3 is 5.11 Å². The van der Waals surface area contributed by atoms with Gasteiger partial charge in [-0.1, -0.05) is 29.8 Å². The first-order valence-electron chi connectivity index (χ1n) is 5.23. The molecule has 90 valence electrons. The topological polar surface area (TPSA) is 67.5 Å². The maximum absolute atomic E-state index is 11.2. The van der Waals surface area contributed by atoms with Crippen LogP contribution in [0, 0.1) is 5.92 Å². The van der Waals surface area contributed by atoms with Crippen LogP contribution in [0.3, 0.4) is 0 Å². The highest BCUT2D eigenvalue weighted by molar-refractivity contribution is 9.10. The predicted molar refractivity (Wildman–Crippen MR) is 65.9 cm³/mol. The Morgan fingerprint density at radius 1 is 1.53 bits per heavy atom. The van der Waals surface area contributed by atoms with E-state index in [0.717, 1.165) is 4.47 Å². The number of carboxylic acid groups (broad SMARTS) is 1. The van der Waals surface area contributed by atoms with Gasteiger partial charge in [0.2, 0.25) is 0 Å². The number of rotatable bonds is 3. The van der Waals surface area contributed by atoms with Crippen LogP contribution >= 0.6 is 15.9 Å². The fourth-order valence-electron chi connectivity index (χ4n) is 1.70. The quantitative estimate of drug-likeness (QED) is 0.944. The van der Waals surface area contributed by atoms with Crippen LogP contribution < -0.4 is 0 Å². The van der Waals surface area contributed by atoms with Gasteiger partial charge in [0.05, 0.1) is 0 Å². The molecule has 0 aromatic carbocycles. The summed E-state index contributed by atoms with van der Waals surface area (Å²) in [7, 11) is 0. The van der Waals surface area contributed by atoms with E-state index in [1.165, 1.54) is 0 Å². The monoisotopic (exact) mass is 297 g/mol. The minimum Gasteiger partial charge on any atom is -0.481 e. The Bertz CT molecular complexity index is 565. The van der Waals surface area contributed by atoms with Gasteiger partial charge in [-0.25, -0.2) is 9.50 Å².